The predicted octanol–water partition coefficient (Wildman–Crippen LogP) is 2.69. The molecule has 1 aliphatic rings. The lowest BCUT2D eigenvalue weighted by atomic mass is 9.84. The third-order valence-electron chi connectivity index (χ3n) is 3.56. The molecule has 2 aromatic rings. The summed E-state index contributed by atoms with van der Waals surface area (Å²) in [6.45, 7) is 0.957. The highest BCUT2D eigenvalue weighted by molar-refractivity contribution is 5.30. The maximum absolute atomic E-state index is 4.19. The summed E-state index contributed by atoms with van der Waals surface area (Å²) in [7, 11) is 0. The fourth-order valence-corrected chi connectivity index (χ4v) is 2.57. The van der Waals surface area contributed by atoms with Gasteiger partial charge in [0.2, 0.25) is 5.95 Å². The van der Waals surface area contributed by atoms with Gasteiger partial charge in [-0.05, 0) is 42.4 Å². The molecule has 1 aromatic heterocycles. The number of benzene rings is 1. The summed E-state index contributed by atoms with van der Waals surface area (Å²) in [5.74, 6) is 1.42. The molecule has 3 rings (SSSR count). The minimum Gasteiger partial charge on any atom is -0.354 e. The standard InChI is InChI=1S/C15H17N3/c1-2-5-14-10-12(6-7-13(14)4-1)11-18-15-16-8-3-9-17-15/h1-5,8-9,12H,6-7,10-11H2,(H,16,17,18). The molecule has 0 aliphatic heterocycles. The smallest absolute Gasteiger partial charge is 0.222 e. The summed E-state index contributed by atoms with van der Waals surface area (Å²) in [6.07, 6.45) is 7.14. The molecule has 0 spiro atoms. The molecule has 0 bridgehead atoms. The minimum atomic E-state index is 0.684. The molecule has 0 saturated heterocycles. The Labute approximate surface area is 107 Å². The van der Waals surface area contributed by atoms with Crippen molar-refractivity contribution in [2.24, 2.45) is 5.92 Å². The van der Waals surface area contributed by atoms with Crippen molar-refractivity contribution in [3.63, 3.8) is 0 Å². The first kappa shape index (κ1) is 11.2. The zero-order valence-corrected chi connectivity index (χ0v) is 10.3. The Morgan fingerprint density at radius 1 is 1.06 bits per heavy atom. The molecule has 0 amide bonds. The van der Waals surface area contributed by atoms with E-state index in [1.54, 1.807) is 12.4 Å². The van der Waals surface area contributed by atoms with Crippen molar-refractivity contribution in [2.75, 3.05) is 11.9 Å². The quantitative estimate of drug-likeness (QED) is 0.895. The van der Waals surface area contributed by atoms with E-state index in [0.717, 1.165) is 18.9 Å². The average Bonchev–Trinajstić information content (AvgIpc) is 2.46. The molecule has 0 fully saturated rings. The first-order valence-corrected chi connectivity index (χ1v) is 6.49. The predicted molar refractivity (Wildman–Crippen MR) is 72.5 cm³/mol. The van der Waals surface area contributed by atoms with Crippen LogP contribution in [-0.2, 0) is 12.8 Å². The summed E-state index contributed by atoms with van der Waals surface area (Å²) in [6, 6.07) is 10.6. The van der Waals surface area contributed by atoms with Crippen molar-refractivity contribution in [1.82, 2.24) is 9.97 Å². The second-order valence-corrected chi connectivity index (χ2v) is 4.83. The van der Waals surface area contributed by atoms with E-state index in [1.165, 1.54) is 24.0 Å². The van der Waals surface area contributed by atoms with Crippen molar-refractivity contribution in [2.45, 2.75) is 19.3 Å². The normalized spacial score (nSPS) is 18.1. The van der Waals surface area contributed by atoms with Crippen LogP contribution < -0.4 is 5.32 Å². The van der Waals surface area contributed by atoms with Crippen molar-refractivity contribution in [3.05, 3.63) is 53.9 Å². The van der Waals surface area contributed by atoms with Crippen LogP contribution in [-0.4, -0.2) is 16.5 Å². The summed E-state index contributed by atoms with van der Waals surface area (Å²) in [5.41, 5.74) is 3.02. The summed E-state index contributed by atoms with van der Waals surface area (Å²) in [4.78, 5) is 8.37. The molecule has 1 aliphatic carbocycles. The van der Waals surface area contributed by atoms with E-state index in [-0.39, 0.29) is 0 Å². The molecular formula is C15H17N3. The number of rotatable bonds is 3. The lowest BCUT2D eigenvalue weighted by Crippen LogP contribution is -2.22. The number of fused-ring (bicyclic) bond motifs is 1. The largest absolute Gasteiger partial charge is 0.354 e. The molecule has 1 unspecified atom stereocenters. The number of nitrogens with zero attached hydrogens (tertiary/aromatic N) is 2. The number of aromatic nitrogens is 2. The number of nitrogens with one attached hydrogen (secondary N) is 1. The van der Waals surface area contributed by atoms with Gasteiger partial charge in [-0.15, -0.1) is 0 Å². The zero-order chi connectivity index (χ0) is 12.2. The van der Waals surface area contributed by atoms with Crippen molar-refractivity contribution >= 4 is 5.95 Å². The lowest BCUT2D eigenvalue weighted by molar-refractivity contribution is 0.480. The Bertz CT molecular complexity index is 510. The van der Waals surface area contributed by atoms with E-state index >= 15 is 0 Å². The van der Waals surface area contributed by atoms with Crippen LogP contribution in [0.3, 0.4) is 0 Å². The van der Waals surface area contributed by atoms with Crippen molar-refractivity contribution in [3.8, 4) is 0 Å². The van der Waals surface area contributed by atoms with Gasteiger partial charge >= 0.3 is 0 Å². The van der Waals surface area contributed by atoms with Crippen LogP contribution in [0.5, 0.6) is 0 Å². The minimum absolute atomic E-state index is 0.684. The molecule has 3 nitrogen and oxygen atoms in total. The van der Waals surface area contributed by atoms with Crippen LogP contribution in [0, 0.1) is 5.92 Å². The molecule has 1 heterocycles. The number of hydrogen-bond acceptors (Lipinski definition) is 3. The van der Waals surface area contributed by atoms with Gasteiger partial charge in [0.25, 0.3) is 0 Å². The van der Waals surface area contributed by atoms with Crippen LogP contribution in [0.15, 0.2) is 42.7 Å². The number of aryl methyl sites for hydroxylation is 1. The van der Waals surface area contributed by atoms with Crippen LogP contribution in [0.1, 0.15) is 17.5 Å². The molecule has 1 N–H and O–H groups in total. The van der Waals surface area contributed by atoms with Crippen LogP contribution >= 0.6 is 0 Å². The van der Waals surface area contributed by atoms with Gasteiger partial charge in [-0.25, -0.2) is 9.97 Å². The highest BCUT2D eigenvalue weighted by Crippen LogP contribution is 2.25. The first-order chi connectivity index (χ1) is 8.92. The fourth-order valence-electron chi connectivity index (χ4n) is 2.57. The van der Waals surface area contributed by atoms with Crippen LogP contribution in [0.4, 0.5) is 5.95 Å². The van der Waals surface area contributed by atoms with Gasteiger partial charge in [0.05, 0.1) is 0 Å². The van der Waals surface area contributed by atoms with E-state index in [1.807, 2.05) is 6.07 Å². The maximum Gasteiger partial charge on any atom is 0.222 e. The maximum atomic E-state index is 4.19. The van der Waals surface area contributed by atoms with Gasteiger partial charge in [0, 0.05) is 18.9 Å². The molecule has 3 heteroatoms. The molecule has 1 atom stereocenters. The average molecular weight is 239 g/mol. The van der Waals surface area contributed by atoms with E-state index in [9.17, 15) is 0 Å². The van der Waals surface area contributed by atoms with Gasteiger partial charge in [0.15, 0.2) is 0 Å². The van der Waals surface area contributed by atoms with E-state index < -0.39 is 0 Å². The van der Waals surface area contributed by atoms with Crippen molar-refractivity contribution < 1.29 is 0 Å². The summed E-state index contributed by atoms with van der Waals surface area (Å²) in [5, 5.41) is 3.32. The summed E-state index contributed by atoms with van der Waals surface area (Å²) < 4.78 is 0. The Hall–Kier alpha value is -1.90. The van der Waals surface area contributed by atoms with Gasteiger partial charge in [-0.1, -0.05) is 24.3 Å². The second-order valence-electron chi connectivity index (χ2n) is 4.83. The Morgan fingerprint density at radius 2 is 1.83 bits per heavy atom. The van der Waals surface area contributed by atoms with E-state index in [0.29, 0.717) is 5.92 Å². The Morgan fingerprint density at radius 3 is 2.67 bits per heavy atom. The highest BCUT2D eigenvalue weighted by atomic mass is 15.1. The van der Waals surface area contributed by atoms with E-state index in [2.05, 4.69) is 39.6 Å². The zero-order valence-electron chi connectivity index (χ0n) is 10.3. The lowest BCUT2D eigenvalue weighted by Gasteiger charge is -2.24. The van der Waals surface area contributed by atoms with Crippen molar-refractivity contribution in [1.29, 1.82) is 0 Å². The molecule has 0 radical (unpaired) electrons. The highest BCUT2D eigenvalue weighted by Gasteiger charge is 2.17. The fraction of sp³-hybridized carbons (Fsp3) is 0.333. The second kappa shape index (κ2) is 5.17. The third kappa shape index (κ3) is 2.50. The van der Waals surface area contributed by atoms with Gasteiger partial charge in [-0.3, -0.25) is 0 Å². The first-order valence-electron chi connectivity index (χ1n) is 6.49. The van der Waals surface area contributed by atoms with E-state index in [4.69, 9.17) is 0 Å². The molecule has 1 aromatic carbocycles. The topological polar surface area (TPSA) is 37.8 Å². The monoisotopic (exact) mass is 239 g/mol. The van der Waals surface area contributed by atoms with Gasteiger partial charge in [0.1, 0.15) is 0 Å². The number of hydrogen-bond donors (Lipinski definition) is 1. The molecule has 18 heavy (non-hydrogen) atoms. The van der Waals surface area contributed by atoms with Gasteiger partial charge in [-0.2, -0.15) is 0 Å². The molecule has 0 saturated carbocycles. The van der Waals surface area contributed by atoms with Gasteiger partial charge < -0.3 is 5.32 Å². The van der Waals surface area contributed by atoms with Crippen LogP contribution in [0.25, 0.3) is 0 Å². The summed E-state index contributed by atoms with van der Waals surface area (Å²) >= 11 is 0. The Balaban J connectivity index is 1.60. The third-order valence-corrected chi connectivity index (χ3v) is 3.56. The molecule has 92 valence electrons. The molecular weight excluding hydrogens is 222 g/mol. The Kier molecular flexibility index (Phi) is 3.22. The number of anilines is 1. The SMILES string of the molecule is c1cnc(NCC2CCc3ccccc3C2)nc1. The van der Waals surface area contributed by atoms with Crippen LogP contribution in [0.2, 0.25) is 0 Å².